The van der Waals surface area contributed by atoms with Crippen LogP contribution in [0.4, 0.5) is 0 Å². The number of fused-ring (bicyclic) bond motifs is 1. The van der Waals surface area contributed by atoms with Crippen LogP contribution < -0.4 is 10.1 Å². The maximum absolute atomic E-state index is 5.58. The molecular formula is C17H25NO. The van der Waals surface area contributed by atoms with Crippen LogP contribution in [0, 0.1) is 5.92 Å². The van der Waals surface area contributed by atoms with E-state index >= 15 is 0 Å². The third-order valence-electron chi connectivity index (χ3n) is 4.83. The first-order valence-corrected chi connectivity index (χ1v) is 7.75. The maximum atomic E-state index is 5.58. The summed E-state index contributed by atoms with van der Waals surface area (Å²) in [6.45, 7) is 5.48. The molecule has 2 heteroatoms. The van der Waals surface area contributed by atoms with Gasteiger partial charge in [-0.25, -0.2) is 0 Å². The van der Waals surface area contributed by atoms with Crippen LogP contribution in [-0.4, -0.2) is 12.6 Å². The van der Waals surface area contributed by atoms with Crippen LogP contribution in [0.25, 0.3) is 0 Å². The number of rotatable bonds is 4. The van der Waals surface area contributed by atoms with Gasteiger partial charge in [-0.2, -0.15) is 0 Å². The molecule has 2 atom stereocenters. The molecule has 0 spiro atoms. The van der Waals surface area contributed by atoms with Gasteiger partial charge in [-0.15, -0.1) is 0 Å². The van der Waals surface area contributed by atoms with Crippen molar-refractivity contribution >= 4 is 0 Å². The van der Waals surface area contributed by atoms with Crippen molar-refractivity contribution in [3.63, 3.8) is 0 Å². The van der Waals surface area contributed by atoms with Gasteiger partial charge in [0.05, 0.1) is 6.61 Å². The van der Waals surface area contributed by atoms with E-state index in [0.717, 1.165) is 24.7 Å². The molecule has 1 aromatic carbocycles. The summed E-state index contributed by atoms with van der Waals surface area (Å²) in [7, 11) is 0. The van der Waals surface area contributed by atoms with Gasteiger partial charge in [0.25, 0.3) is 0 Å². The van der Waals surface area contributed by atoms with E-state index in [1.165, 1.54) is 36.8 Å². The molecule has 1 aliphatic carbocycles. The first-order chi connectivity index (χ1) is 9.24. The normalized spacial score (nSPS) is 22.0. The average Bonchev–Trinajstić information content (AvgIpc) is 3.09. The van der Waals surface area contributed by atoms with Gasteiger partial charge in [0, 0.05) is 18.5 Å². The molecule has 19 heavy (non-hydrogen) atoms. The Bertz CT molecular complexity index is 437. The number of ether oxygens (including phenoxy) is 1. The summed E-state index contributed by atoms with van der Waals surface area (Å²) >= 11 is 0. The van der Waals surface area contributed by atoms with Crippen LogP contribution >= 0.6 is 0 Å². The van der Waals surface area contributed by atoms with E-state index in [0.29, 0.717) is 12.1 Å². The Morgan fingerprint density at radius 3 is 2.79 bits per heavy atom. The fourth-order valence-corrected chi connectivity index (χ4v) is 3.56. The quantitative estimate of drug-likeness (QED) is 0.886. The smallest absolute Gasteiger partial charge is 0.122 e. The van der Waals surface area contributed by atoms with Crippen molar-refractivity contribution in [2.45, 2.75) is 58.0 Å². The molecule has 104 valence electrons. The first-order valence-electron chi connectivity index (χ1n) is 7.75. The Balaban J connectivity index is 1.64. The zero-order valence-electron chi connectivity index (χ0n) is 12.1. The number of nitrogens with one attached hydrogen (secondary N) is 1. The van der Waals surface area contributed by atoms with Gasteiger partial charge in [0.15, 0.2) is 0 Å². The molecule has 0 aromatic heterocycles. The van der Waals surface area contributed by atoms with Crippen molar-refractivity contribution in [3.8, 4) is 5.75 Å². The summed E-state index contributed by atoms with van der Waals surface area (Å²) in [5.74, 6) is 1.96. The second kappa shape index (κ2) is 5.54. The van der Waals surface area contributed by atoms with Crippen LogP contribution in [0.5, 0.6) is 5.75 Å². The highest BCUT2D eigenvalue weighted by Crippen LogP contribution is 2.31. The number of hydrogen-bond donors (Lipinski definition) is 1. The van der Waals surface area contributed by atoms with E-state index in [4.69, 9.17) is 4.74 Å². The minimum atomic E-state index is 0.432. The maximum Gasteiger partial charge on any atom is 0.122 e. The summed E-state index contributed by atoms with van der Waals surface area (Å²) < 4.78 is 5.58. The summed E-state index contributed by atoms with van der Waals surface area (Å²) in [6, 6.07) is 7.73. The highest BCUT2D eigenvalue weighted by atomic mass is 16.5. The van der Waals surface area contributed by atoms with Crippen LogP contribution in [0.3, 0.4) is 0 Å². The molecule has 0 radical (unpaired) electrons. The molecule has 1 aliphatic heterocycles. The molecular weight excluding hydrogens is 234 g/mol. The summed E-state index contributed by atoms with van der Waals surface area (Å²) in [5, 5.41) is 3.79. The summed E-state index contributed by atoms with van der Waals surface area (Å²) in [4.78, 5) is 0. The molecule has 1 N–H and O–H groups in total. The molecule has 0 amide bonds. The van der Waals surface area contributed by atoms with Gasteiger partial charge in [0.1, 0.15) is 5.75 Å². The molecule has 1 fully saturated rings. The second-order valence-corrected chi connectivity index (χ2v) is 6.19. The third kappa shape index (κ3) is 2.79. The first kappa shape index (κ1) is 13.0. The van der Waals surface area contributed by atoms with Gasteiger partial charge in [-0.3, -0.25) is 0 Å². The molecule has 2 nitrogen and oxygen atoms in total. The largest absolute Gasteiger partial charge is 0.493 e. The lowest BCUT2D eigenvalue weighted by Crippen LogP contribution is -2.34. The van der Waals surface area contributed by atoms with Crippen molar-refractivity contribution in [1.29, 1.82) is 0 Å². The highest BCUT2D eigenvalue weighted by Gasteiger charge is 2.23. The SMILES string of the molecule is CC(N[C@@H](C)C1CCCC1)c1ccc2c(c1)CCO2. The summed E-state index contributed by atoms with van der Waals surface area (Å²) in [5.41, 5.74) is 2.77. The predicted molar refractivity (Wildman–Crippen MR) is 78.6 cm³/mol. The van der Waals surface area contributed by atoms with Crippen molar-refractivity contribution in [3.05, 3.63) is 29.3 Å². The van der Waals surface area contributed by atoms with E-state index < -0.39 is 0 Å². The topological polar surface area (TPSA) is 21.3 Å². The van der Waals surface area contributed by atoms with Gasteiger partial charge < -0.3 is 10.1 Å². The Kier molecular flexibility index (Phi) is 3.79. The van der Waals surface area contributed by atoms with E-state index in [2.05, 4.69) is 37.4 Å². The lowest BCUT2D eigenvalue weighted by atomic mass is 9.97. The van der Waals surface area contributed by atoms with E-state index in [1.54, 1.807) is 0 Å². The van der Waals surface area contributed by atoms with Crippen LogP contribution in [-0.2, 0) is 6.42 Å². The third-order valence-corrected chi connectivity index (χ3v) is 4.83. The average molecular weight is 259 g/mol. The van der Waals surface area contributed by atoms with E-state index in [-0.39, 0.29) is 0 Å². The summed E-state index contributed by atoms with van der Waals surface area (Å²) in [6.07, 6.45) is 6.70. The zero-order valence-corrected chi connectivity index (χ0v) is 12.1. The lowest BCUT2D eigenvalue weighted by Gasteiger charge is -2.25. The van der Waals surface area contributed by atoms with E-state index in [1.807, 2.05) is 0 Å². The highest BCUT2D eigenvalue weighted by molar-refractivity contribution is 5.40. The standard InChI is InChI=1S/C17H25NO/c1-12(14-5-3-4-6-14)18-13(2)15-7-8-17-16(11-15)9-10-19-17/h7-8,11-14,18H,3-6,9-10H2,1-2H3/t12-,13?/m0/s1. The van der Waals surface area contributed by atoms with Gasteiger partial charge in [-0.1, -0.05) is 25.0 Å². The number of benzene rings is 1. The Labute approximate surface area is 116 Å². The molecule has 0 saturated heterocycles. The fraction of sp³-hybridized carbons (Fsp3) is 0.647. The van der Waals surface area contributed by atoms with Crippen molar-refractivity contribution in [2.75, 3.05) is 6.61 Å². The molecule has 2 aliphatic rings. The molecule has 3 rings (SSSR count). The Hall–Kier alpha value is -1.02. The fourth-order valence-electron chi connectivity index (χ4n) is 3.56. The zero-order chi connectivity index (χ0) is 13.2. The lowest BCUT2D eigenvalue weighted by molar-refractivity contribution is 0.352. The number of hydrogen-bond acceptors (Lipinski definition) is 2. The predicted octanol–water partition coefficient (Wildman–Crippen LogP) is 3.85. The monoisotopic (exact) mass is 259 g/mol. The molecule has 1 saturated carbocycles. The van der Waals surface area contributed by atoms with Crippen LogP contribution in [0.2, 0.25) is 0 Å². The molecule has 0 bridgehead atoms. The van der Waals surface area contributed by atoms with Crippen LogP contribution in [0.15, 0.2) is 18.2 Å². The van der Waals surface area contributed by atoms with Crippen LogP contribution in [0.1, 0.15) is 56.7 Å². The van der Waals surface area contributed by atoms with Gasteiger partial charge in [-0.05, 0) is 49.8 Å². The Morgan fingerprint density at radius 1 is 1.21 bits per heavy atom. The molecule has 1 unspecified atom stereocenters. The minimum Gasteiger partial charge on any atom is -0.493 e. The van der Waals surface area contributed by atoms with Gasteiger partial charge >= 0.3 is 0 Å². The second-order valence-electron chi connectivity index (χ2n) is 6.19. The van der Waals surface area contributed by atoms with Crippen molar-refractivity contribution in [1.82, 2.24) is 5.32 Å². The van der Waals surface area contributed by atoms with Gasteiger partial charge in [0.2, 0.25) is 0 Å². The van der Waals surface area contributed by atoms with E-state index in [9.17, 15) is 0 Å². The molecule has 1 aromatic rings. The minimum absolute atomic E-state index is 0.432. The Morgan fingerprint density at radius 2 is 2.00 bits per heavy atom. The van der Waals surface area contributed by atoms with Crippen molar-refractivity contribution < 1.29 is 4.74 Å². The molecule has 1 heterocycles. The van der Waals surface area contributed by atoms with Crippen molar-refractivity contribution in [2.24, 2.45) is 5.92 Å².